The van der Waals surface area contributed by atoms with Crippen LogP contribution in [0.1, 0.15) is 56.7 Å². The summed E-state index contributed by atoms with van der Waals surface area (Å²) in [5.74, 6) is -2.04. The summed E-state index contributed by atoms with van der Waals surface area (Å²) in [6, 6.07) is 7.81. The van der Waals surface area contributed by atoms with Crippen LogP contribution in [0.15, 0.2) is 30.3 Å². The van der Waals surface area contributed by atoms with E-state index in [1.807, 2.05) is 6.07 Å². The van der Waals surface area contributed by atoms with Gasteiger partial charge in [0.05, 0.1) is 5.56 Å². The number of carboxylic acids is 1. The molecule has 1 aliphatic rings. The summed E-state index contributed by atoms with van der Waals surface area (Å²) in [5, 5.41) is 11.7. The molecule has 1 aliphatic carbocycles. The molecule has 0 aliphatic heterocycles. The van der Waals surface area contributed by atoms with Crippen molar-refractivity contribution in [3.8, 4) is 0 Å². The molecule has 0 saturated heterocycles. The van der Waals surface area contributed by atoms with Crippen molar-refractivity contribution < 1.29 is 24.2 Å². The second kappa shape index (κ2) is 8.35. The lowest BCUT2D eigenvalue weighted by molar-refractivity contribution is -0.124. The van der Waals surface area contributed by atoms with Gasteiger partial charge < -0.3 is 15.2 Å². The standard InChI is InChI=1S/C20H21NO5S/c1-2-15(18(22)21-14-8-5-7-13(10-14)19(23)24)26-20(25)17-11-12-6-3-4-9-16(12)27-17/h5,7-8,10-11,15H,2-4,6,9H2,1H3,(H,21,22)(H,23,24). The predicted octanol–water partition coefficient (Wildman–Crippen LogP) is 3.90. The molecular formula is C20H21NO5S. The Balaban J connectivity index is 1.66. The lowest BCUT2D eigenvalue weighted by Gasteiger charge is -2.15. The van der Waals surface area contributed by atoms with E-state index in [-0.39, 0.29) is 5.56 Å². The molecule has 1 unspecified atom stereocenters. The zero-order valence-corrected chi connectivity index (χ0v) is 15.8. The molecule has 1 amide bonds. The topological polar surface area (TPSA) is 92.7 Å². The molecule has 7 heteroatoms. The molecule has 1 aromatic heterocycles. The zero-order valence-electron chi connectivity index (χ0n) is 15.0. The number of hydrogen-bond donors (Lipinski definition) is 2. The molecule has 142 valence electrons. The van der Waals surface area contributed by atoms with Crippen molar-refractivity contribution in [2.75, 3.05) is 5.32 Å². The van der Waals surface area contributed by atoms with Crippen molar-refractivity contribution in [2.24, 2.45) is 0 Å². The van der Waals surface area contributed by atoms with Crippen molar-refractivity contribution in [1.29, 1.82) is 0 Å². The van der Waals surface area contributed by atoms with E-state index < -0.39 is 23.9 Å². The van der Waals surface area contributed by atoms with Crippen molar-refractivity contribution in [3.63, 3.8) is 0 Å². The molecule has 0 radical (unpaired) electrons. The minimum atomic E-state index is -1.08. The average molecular weight is 387 g/mol. The van der Waals surface area contributed by atoms with Gasteiger partial charge in [-0.1, -0.05) is 13.0 Å². The molecule has 2 aromatic rings. The second-order valence-corrected chi connectivity index (χ2v) is 7.58. The third-order valence-corrected chi connectivity index (χ3v) is 5.70. The van der Waals surface area contributed by atoms with Gasteiger partial charge in [-0.3, -0.25) is 4.79 Å². The molecule has 0 spiro atoms. The molecule has 6 nitrogen and oxygen atoms in total. The van der Waals surface area contributed by atoms with Gasteiger partial charge in [0.1, 0.15) is 4.88 Å². The van der Waals surface area contributed by atoms with Gasteiger partial charge in [0.2, 0.25) is 0 Å². The highest BCUT2D eigenvalue weighted by Gasteiger charge is 2.25. The highest BCUT2D eigenvalue weighted by molar-refractivity contribution is 7.14. The fourth-order valence-electron chi connectivity index (χ4n) is 3.05. The predicted molar refractivity (Wildman–Crippen MR) is 102 cm³/mol. The molecule has 0 bridgehead atoms. The van der Waals surface area contributed by atoms with E-state index in [9.17, 15) is 14.4 Å². The number of amides is 1. The summed E-state index contributed by atoms with van der Waals surface area (Å²) in [7, 11) is 0. The van der Waals surface area contributed by atoms with Crippen LogP contribution in [-0.4, -0.2) is 29.1 Å². The quantitative estimate of drug-likeness (QED) is 0.734. The lowest BCUT2D eigenvalue weighted by atomic mass is 9.99. The molecule has 3 rings (SSSR count). The number of aromatic carboxylic acids is 1. The number of anilines is 1. The highest BCUT2D eigenvalue weighted by Crippen LogP contribution is 2.30. The van der Waals surface area contributed by atoms with Crippen molar-refractivity contribution in [1.82, 2.24) is 0 Å². The number of carbonyl (C=O) groups excluding carboxylic acids is 2. The van der Waals surface area contributed by atoms with Crippen LogP contribution in [0.4, 0.5) is 5.69 Å². The third-order valence-electron chi connectivity index (χ3n) is 4.49. The number of nitrogens with one attached hydrogen (secondary N) is 1. The molecule has 2 N–H and O–H groups in total. The number of esters is 1. The van der Waals surface area contributed by atoms with E-state index in [0.29, 0.717) is 17.0 Å². The Morgan fingerprint density at radius 3 is 2.70 bits per heavy atom. The van der Waals surface area contributed by atoms with Gasteiger partial charge in [0, 0.05) is 10.6 Å². The van der Waals surface area contributed by atoms with E-state index in [1.54, 1.807) is 19.1 Å². The van der Waals surface area contributed by atoms with Gasteiger partial charge in [-0.2, -0.15) is 0 Å². The smallest absolute Gasteiger partial charge is 0.349 e. The normalized spacial score (nSPS) is 14.1. The maximum absolute atomic E-state index is 12.5. The van der Waals surface area contributed by atoms with Crippen LogP contribution < -0.4 is 5.32 Å². The Morgan fingerprint density at radius 1 is 1.22 bits per heavy atom. The van der Waals surface area contributed by atoms with Gasteiger partial charge >= 0.3 is 11.9 Å². The van der Waals surface area contributed by atoms with Crippen molar-refractivity contribution >= 4 is 34.9 Å². The van der Waals surface area contributed by atoms with Crippen LogP contribution in [0.5, 0.6) is 0 Å². The van der Waals surface area contributed by atoms with Crippen LogP contribution in [0, 0.1) is 0 Å². The minimum Gasteiger partial charge on any atom is -0.478 e. The summed E-state index contributed by atoms with van der Waals surface area (Å²) in [6.45, 7) is 1.75. The number of aryl methyl sites for hydroxylation is 2. The molecular weight excluding hydrogens is 366 g/mol. The minimum absolute atomic E-state index is 0.0713. The van der Waals surface area contributed by atoms with Gasteiger partial charge in [-0.05, 0) is 61.9 Å². The van der Waals surface area contributed by atoms with E-state index >= 15 is 0 Å². The first kappa shape index (κ1) is 19.1. The number of thiophene rings is 1. The maximum atomic E-state index is 12.5. The summed E-state index contributed by atoms with van der Waals surface area (Å²) >= 11 is 1.45. The van der Waals surface area contributed by atoms with Gasteiger partial charge in [-0.25, -0.2) is 9.59 Å². The maximum Gasteiger partial charge on any atom is 0.349 e. The molecule has 1 atom stereocenters. The summed E-state index contributed by atoms with van der Waals surface area (Å²) in [6.07, 6.45) is 3.62. The van der Waals surface area contributed by atoms with E-state index in [0.717, 1.165) is 25.7 Å². The van der Waals surface area contributed by atoms with Crippen LogP contribution >= 0.6 is 11.3 Å². The fourth-order valence-corrected chi connectivity index (χ4v) is 4.19. The van der Waals surface area contributed by atoms with E-state index in [4.69, 9.17) is 9.84 Å². The Bertz CT molecular complexity index is 850. The Labute approximate surface area is 161 Å². The van der Waals surface area contributed by atoms with E-state index in [1.165, 1.54) is 33.9 Å². The van der Waals surface area contributed by atoms with Crippen LogP contribution in [0.25, 0.3) is 0 Å². The van der Waals surface area contributed by atoms with Crippen LogP contribution in [0.3, 0.4) is 0 Å². The largest absolute Gasteiger partial charge is 0.478 e. The molecule has 0 saturated carbocycles. The summed E-state index contributed by atoms with van der Waals surface area (Å²) < 4.78 is 5.42. The first-order chi connectivity index (χ1) is 13.0. The molecule has 27 heavy (non-hydrogen) atoms. The number of carboxylic acid groups (broad SMARTS) is 1. The fraction of sp³-hybridized carbons (Fsp3) is 0.350. The number of benzene rings is 1. The molecule has 0 fully saturated rings. The number of fused-ring (bicyclic) bond motifs is 1. The summed E-state index contributed by atoms with van der Waals surface area (Å²) in [4.78, 5) is 37.7. The third kappa shape index (κ3) is 4.54. The Hall–Kier alpha value is -2.67. The SMILES string of the molecule is CCC(OC(=O)c1cc2c(s1)CCCC2)C(=O)Nc1cccc(C(=O)O)c1. The monoisotopic (exact) mass is 387 g/mol. The van der Waals surface area contributed by atoms with Crippen molar-refractivity contribution in [2.45, 2.75) is 45.1 Å². The Kier molecular flexibility index (Phi) is 5.91. The van der Waals surface area contributed by atoms with Gasteiger partial charge in [-0.15, -0.1) is 11.3 Å². The molecule has 1 aromatic carbocycles. The zero-order chi connectivity index (χ0) is 19.4. The average Bonchev–Trinajstić information content (AvgIpc) is 3.10. The first-order valence-corrected chi connectivity index (χ1v) is 9.76. The van der Waals surface area contributed by atoms with Gasteiger partial charge in [0.15, 0.2) is 6.10 Å². The second-order valence-electron chi connectivity index (χ2n) is 6.44. The number of hydrogen-bond acceptors (Lipinski definition) is 5. The number of ether oxygens (including phenoxy) is 1. The van der Waals surface area contributed by atoms with Crippen LogP contribution in [0.2, 0.25) is 0 Å². The number of carbonyl (C=O) groups is 3. The highest BCUT2D eigenvalue weighted by atomic mass is 32.1. The van der Waals surface area contributed by atoms with Crippen LogP contribution in [-0.2, 0) is 22.4 Å². The van der Waals surface area contributed by atoms with Crippen molar-refractivity contribution in [3.05, 3.63) is 51.2 Å². The summed E-state index contributed by atoms with van der Waals surface area (Å²) in [5.41, 5.74) is 1.63. The van der Waals surface area contributed by atoms with Gasteiger partial charge in [0.25, 0.3) is 5.91 Å². The molecule has 1 heterocycles. The van der Waals surface area contributed by atoms with E-state index in [2.05, 4.69) is 5.32 Å². The first-order valence-electron chi connectivity index (χ1n) is 8.94. The lowest BCUT2D eigenvalue weighted by Crippen LogP contribution is -2.32. The number of rotatable bonds is 6. The Morgan fingerprint density at radius 2 is 2.00 bits per heavy atom.